The fraction of sp³-hybridized carbons (Fsp3) is 0.111. The van der Waals surface area contributed by atoms with Crippen molar-refractivity contribution in [2.75, 3.05) is 0 Å². The van der Waals surface area contributed by atoms with Crippen molar-refractivity contribution in [3.8, 4) is 0 Å². The van der Waals surface area contributed by atoms with Crippen LogP contribution in [0.15, 0.2) is 18.2 Å². The van der Waals surface area contributed by atoms with E-state index in [2.05, 4.69) is 0 Å². The van der Waals surface area contributed by atoms with E-state index >= 15 is 0 Å². The van der Waals surface area contributed by atoms with E-state index in [1.54, 1.807) is 13.0 Å². The van der Waals surface area contributed by atoms with Gasteiger partial charge in [-0.05, 0) is 19.1 Å². The van der Waals surface area contributed by atoms with Crippen LogP contribution < -0.4 is 0 Å². The molecule has 0 aliphatic heterocycles. The van der Waals surface area contributed by atoms with Crippen LogP contribution in [-0.2, 0) is 0 Å². The molecule has 0 aliphatic carbocycles. The number of aryl methyl sites for hydroxylation is 1. The van der Waals surface area contributed by atoms with E-state index in [1.165, 1.54) is 12.1 Å². The summed E-state index contributed by atoms with van der Waals surface area (Å²) < 4.78 is 0. The summed E-state index contributed by atoms with van der Waals surface area (Å²) in [6.45, 7) is 1.71. The van der Waals surface area contributed by atoms with Crippen molar-refractivity contribution in [3.05, 3.63) is 34.9 Å². The van der Waals surface area contributed by atoms with Gasteiger partial charge >= 0.3 is 41.5 Å². The van der Waals surface area contributed by atoms with Crippen LogP contribution in [0.25, 0.3) is 0 Å². The fourth-order valence-electron chi connectivity index (χ4n) is 1.02. The van der Waals surface area contributed by atoms with Crippen LogP contribution in [-0.4, -0.2) is 51.7 Å². The van der Waals surface area contributed by atoms with Crippen molar-refractivity contribution < 1.29 is 19.8 Å². The van der Waals surface area contributed by atoms with Gasteiger partial charge in [-0.15, -0.1) is 0 Å². The second-order valence-corrected chi connectivity index (χ2v) is 2.66. The van der Waals surface area contributed by atoms with Gasteiger partial charge in [0.05, 0.1) is 11.1 Å². The first-order valence-electron chi connectivity index (χ1n) is 3.59. The maximum absolute atomic E-state index is 10.6. The van der Waals surface area contributed by atoms with Gasteiger partial charge in [-0.3, -0.25) is 0 Å². The van der Waals surface area contributed by atoms with Crippen molar-refractivity contribution in [2.24, 2.45) is 0 Å². The standard InChI is InChI=1S/C9H8O4.Na.H/c1-5-2-3-6(8(10)11)7(4-5)9(12)13;;/h2-4H,1H3,(H,10,11)(H,12,13);;. The van der Waals surface area contributed by atoms with Gasteiger partial charge in [0.2, 0.25) is 0 Å². The molecule has 0 aliphatic rings. The van der Waals surface area contributed by atoms with Crippen LogP contribution in [0.3, 0.4) is 0 Å². The molecule has 0 bridgehead atoms. The minimum absolute atomic E-state index is 0. The van der Waals surface area contributed by atoms with Crippen LogP contribution in [0.4, 0.5) is 0 Å². The molecule has 0 atom stereocenters. The van der Waals surface area contributed by atoms with Gasteiger partial charge in [0.15, 0.2) is 0 Å². The molecular weight excluding hydrogens is 195 g/mol. The molecule has 1 aromatic carbocycles. The van der Waals surface area contributed by atoms with Crippen LogP contribution in [0.5, 0.6) is 0 Å². The monoisotopic (exact) mass is 204 g/mol. The first kappa shape index (κ1) is 13.2. The van der Waals surface area contributed by atoms with Gasteiger partial charge in [0.25, 0.3) is 0 Å². The molecular formula is C9H9NaO4. The van der Waals surface area contributed by atoms with E-state index in [0.29, 0.717) is 0 Å². The van der Waals surface area contributed by atoms with E-state index in [4.69, 9.17) is 10.2 Å². The van der Waals surface area contributed by atoms with Crippen molar-refractivity contribution in [1.29, 1.82) is 0 Å². The summed E-state index contributed by atoms with van der Waals surface area (Å²) in [6, 6.07) is 4.20. The van der Waals surface area contributed by atoms with Crippen LogP contribution >= 0.6 is 0 Å². The van der Waals surface area contributed by atoms with Crippen molar-refractivity contribution >= 4 is 41.5 Å². The number of aromatic carboxylic acids is 2. The van der Waals surface area contributed by atoms with Crippen molar-refractivity contribution in [1.82, 2.24) is 0 Å². The number of carboxylic acid groups (broad SMARTS) is 2. The molecule has 0 aromatic heterocycles. The summed E-state index contributed by atoms with van der Waals surface area (Å²) in [6.07, 6.45) is 0. The Balaban J connectivity index is 0.00000169. The molecule has 1 rings (SSSR count). The van der Waals surface area contributed by atoms with Gasteiger partial charge in [-0.1, -0.05) is 11.6 Å². The molecule has 14 heavy (non-hydrogen) atoms. The summed E-state index contributed by atoms with van der Waals surface area (Å²) >= 11 is 0. The van der Waals surface area contributed by atoms with E-state index < -0.39 is 11.9 Å². The maximum atomic E-state index is 10.6. The minimum atomic E-state index is -1.22. The number of carboxylic acids is 2. The molecule has 70 valence electrons. The summed E-state index contributed by atoms with van der Waals surface area (Å²) in [5.74, 6) is -2.45. The SMILES string of the molecule is Cc1ccc(C(=O)O)c(C(=O)O)c1.[NaH]. The first-order chi connectivity index (χ1) is 6.02. The summed E-state index contributed by atoms with van der Waals surface area (Å²) in [4.78, 5) is 21.2. The topological polar surface area (TPSA) is 74.6 Å². The molecule has 1 aromatic rings. The number of benzene rings is 1. The van der Waals surface area contributed by atoms with Crippen molar-refractivity contribution in [3.63, 3.8) is 0 Å². The van der Waals surface area contributed by atoms with E-state index in [1.807, 2.05) is 0 Å². The number of carbonyl (C=O) groups is 2. The van der Waals surface area contributed by atoms with Gasteiger partial charge in [-0.25, -0.2) is 9.59 Å². The Labute approximate surface area is 103 Å². The van der Waals surface area contributed by atoms with Gasteiger partial charge < -0.3 is 10.2 Å². The van der Waals surface area contributed by atoms with Gasteiger partial charge in [-0.2, -0.15) is 0 Å². The van der Waals surface area contributed by atoms with Crippen LogP contribution in [0.2, 0.25) is 0 Å². The van der Waals surface area contributed by atoms with Crippen molar-refractivity contribution in [2.45, 2.75) is 6.92 Å². The molecule has 0 amide bonds. The average Bonchev–Trinajstić information content (AvgIpc) is 2.03. The Morgan fingerprint density at radius 3 is 2.00 bits per heavy atom. The third-order valence-corrected chi connectivity index (χ3v) is 1.64. The molecule has 5 heteroatoms. The first-order valence-corrected chi connectivity index (χ1v) is 3.59. The predicted molar refractivity (Wildman–Crippen MR) is 52.2 cm³/mol. The zero-order chi connectivity index (χ0) is 10.0. The molecule has 0 fully saturated rings. The zero-order valence-corrected chi connectivity index (χ0v) is 6.94. The number of hydrogen-bond acceptors (Lipinski definition) is 2. The molecule has 0 saturated carbocycles. The Kier molecular flexibility index (Phi) is 4.83. The second kappa shape index (κ2) is 5.14. The van der Waals surface area contributed by atoms with Gasteiger partial charge in [0.1, 0.15) is 0 Å². The predicted octanol–water partition coefficient (Wildman–Crippen LogP) is 0.743. The Morgan fingerprint density at radius 1 is 1.07 bits per heavy atom. The molecule has 0 saturated heterocycles. The van der Waals surface area contributed by atoms with Crippen LogP contribution in [0.1, 0.15) is 26.3 Å². The van der Waals surface area contributed by atoms with Gasteiger partial charge in [0, 0.05) is 0 Å². The molecule has 0 heterocycles. The quantitative estimate of drug-likeness (QED) is 0.697. The third kappa shape index (κ3) is 2.83. The normalized spacial score (nSPS) is 8.93. The Hall–Kier alpha value is -0.840. The molecule has 4 nitrogen and oxygen atoms in total. The zero-order valence-electron chi connectivity index (χ0n) is 6.94. The molecule has 0 radical (unpaired) electrons. The molecule has 0 unspecified atom stereocenters. The molecule has 0 spiro atoms. The fourth-order valence-corrected chi connectivity index (χ4v) is 1.02. The Bertz CT molecular complexity index is 373. The van der Waals surface area contributed by atoms with E-state index in [0.717, 1.165) is 5.56 Å². The number of rotatable bonds is 2. The summed E-state index contributed by atoms with van der Waals surface area (Å²) in [5, 5.41) is 17.3. The summed E-state index contributed by atoms with van der Waals surface area (Å²) in [7, 11) is 0. The Morgan fingerprint density at radius 2 is 1.57 bits per heavy atom. The average molecular weight is 204 g/mol. The second-order valence-electron chi connectivity index (χ2n) is 2.66. The number of hydrogen-bond donors (Lipinski definition) is 2. The summed E-state index contributed by atoms with van der Waals surface area (Å²) in [5.41, 5.74) is 0.369. The molecule has 2 N–H and O–H groups in total. The third-order valence-electron chi connectivity index (χ3n) is 1.64. The van der Waals surface area contributed by atoms with Crippen LogP contribution in [0, 0.1) is 6.92 Å². The van der Waals surface area contributed by atoms with E-state index in [9.17, 15) is 9.59 Å². The van der Waals surface area contributed by atoms with E-state index in [-0.39, 0.29) is 40.7 Å².